The van der Waals surface area contributed by atoms with Crippen molar-refractivity contribution < 1.29 is 0 Å². The molecule has 2 aliphatic rings. The summed E-state index contributed by atoms with van der Waals surface area (Å²) in [7, 11) is 2.10. The molecule has 0 aromatic carbocycles. The molecule has 3 heteroatoms. The predicted octanol–water partition coefficient (Wildman–Crippen LogP) is 8.61. The van der Waals surface area contributed by atoms with Gasteiger partial charge < -0.3 is 4.57 Å². The van der Waals surface area contributed by atoms with Crippen LogP contribution in [0.4, 0.5) is 0 Å². The van der Waals surface area contributed by atoms with Crippen molar-refractivity contribution in [3.05, 3.63) is 58.9 Å². The maximum Gasteiger partial charge on any atom is 0.154 e. The molecule has 2 aromatic rings. The van der Waals surface area contributed by atoms with Crippen molar-refractivity contribution in [3.63, 3.8) is 0 Å². The van der Waals surface area contributed by atoms with E-state index in [4.69, 9.17) is 9.98 Å². The van der Waals surface area contributed by atoms with Gasteiger partial charge >= 0.3 is 0 Å². The van der Waals surface area contributed by atoms with Gasteiger partial charge in [-0.25, -0.2) is 4.98 Å². The minimum atomic E-state index is 0.188. The van der Waals surface area contributed by atoms with Crippen molar-refractivity contribution in [3.8, 4) is 0 Å². The number of pyridine rings is 2. The summed E-state index contributed by atoms with van der Waals surface area (Å²) in [6, 6.07) is 4.73. The van der Waals surface area contributed by atoms with Gasteiger partial charge in [-0.3, -0.25) is 4.99 Å². The van der Waals surface area contributed by atoms with Gasteiger partial charge in [0.1, 0.15) is 5.52 Å². The first-order valence-corrected chi connectivity index (χ1v) is 14.6. The molecule has 36 heavy (non-hydrogen) atoms. The van der Waals surface area contributed by atoms with E-state index in [0.29, 0.717) is 11.8 Å². The maximum atomic E-state index is 5.48. The summed E-state index contributed by atoms with van der Waals surface area (Å²) in [5.41, 5.74) is 6.52. The molecule has 196 valence electrons. The summed E-state index contributed by atoms with van der Waals surface area (Å²) in [4.78, 5) is 10.4. The summed E-state index contributed by atoms with van der Waals surface area (Å²) in [6.45, 7) is 14.8. The molecule has 0 amide bonds. The number of hydrogen-bond acceptors (Lipinski definition) is 2. The van der Waals surface area contributed by atoms with Crippen molar-refractivity contribution in [2.45, 2.75) is 105 Å². The molecule has 2 aromatic heterocycles. The van der Waals surface area contributed by atoms with Crippen LogP contribution < -0.4 is 5.49 Å². The Morgan fingerprint density at radius 2 is 1.83 bits per heavy atom. The average molecular weight is 488 g/mol. The third-order valence-corrected chi connectivity index (χ3v) is 8.58. The van der Waals surface area contributed by atoms with Crippen molar-refractivity contribution in [1.29, 1.82) is 0 Å². The van der Waals surface area contributed by atoms with Gasteiger partial charge in [0.25, 0.3) is 0 Å². The smallest absolute Gasteiger partial charge is 0.154 e. The highest BCUT2D eigenvalue weighted by molar-refractivity contribution is 5.78. The Bertz CT molecular complexity index is 1160. The first-order chi connectivity index (χ1) is 17.2. The van der Waals surface area contributed by atoms with E-state index in [2.05, 4.69) is 89.7 Å². The second-order valence-electron chi connectivity index (χ2n) is 12.7. The van der Waals surface area contributed by atoms with E-state index < -0.39 is 0 Å². The molecule has 0 radical (unpaired) electrons. The third kappa shape index (κ3) is 6.03. The fourth-order valence-corrected chi connectivity index (χ4v) is 6.22. The summed E-state index contributed by atoms with van der Waals surface area (Å²) in [5, 5.41) is 1.24. The number of aromatic nitrogens is 2. The standard InChI is InChI=1S/C33H49N3/c1-8-20-34-32-31-27(19-21-36(32)7)22-29(25-13-9-11-24(23(2)3)12-10-14-25)30(35-31)26-15-17-28(18-16-26)33(4,5)6/h15,17-19,21-26H,8-14,16,20H2,1-7H3. The summed E-state index contributed by atoms with van der Waals surface area (Å²) < 4.78 is 2.14. The molecule has 1 fully saturated rings. The van der Waals surface area contributed by atoms with Crippen molar-refractivity contribution in [2.24, 2.45) is 29.3 Å². The lowest BCUT2D eigenvalue weighted by atomic mass is 9.76. The molecule has 1 unspecified atom stereocenters. The minimum absolute atomic E-state index is 0.188. The first-order valence-electron chi connectivity index (χ1n) is 14.6. The van der Waals surface area contributed by atoms with Crippen LogP contribution in [0.25, 0.3) is 10.9 Å². The first kappa shape index (κ1) is 26.9. The summed E-state index contributed by atoms with van der Waals surface area (Å²) in [6.07, 6.45) is 19.5. The van der Waals surface area contributed by atoms with E-state index in [0.717, 1.165) is 42.2 Å². The Hall–Kier alpha value is -2.16. The number of nitrogens with zero attached hydrogens (tertiary/aromatic N) is 3. The van der Waals surface area contributed by atoms with Gasteiger partial charge in [-0.1, -0.05) is 85.5 Å². The lowest BCUT2D eigenvalue weighted by Gasteiger charge is -2.30. The Labute approximate surface area is 219 Å². The highest BCUT2D eigenvalue weighted by Crippen LogP contribution is 2.41. The molecule has 2 heterocycles. The molecule has 0 aliphatic heterocycles. The molecule has 1 saturated carbocycles. The van der Waals surface area contributed by atoms with Crippen LogP contribution in [0.1, 0.15) is 116 Å². The zero-order valence-corrected chi connectivity index (χ0v) is 24.0. The average Bonchev–Trinajstić information content (AvgIpc) is 2.82. The zero-order chi connectivity index (χ0) is 25.9. The Kier molecular flexibility index (Phi) is 8.58. The Morgan fingerprint density at radius 1 is 1.11 bits per heavy atom. The van der Waals surface area contributed by atoms with E-state index >= 15 is 0 Å². The van der Waals surface area contributed by atoms with Crippen LogP contribution in [-0.4, -0.2) is 16.1 Å². The normalized spacial score (nSPS) is 24.2. The summed E-state index contributed by atoms with van der Waals surface area (Å²) >= 11 is 0. The molecule has 4 rings (SSSR count). The second-order valence-corrected chi connectivity index (χ2v) is 12.7. The van der Waals surface area contributed by atoms with Gasteiger partial charge in [-0.15, -0.1) is 0 Å². The molecule has 3 nitrogen and oxygen atoms in total. The van der Waals surface area contributed by atoms with Gasteiger partial charge in [0.2, 0.25) is 0 Å². The van der Waals surface area contributed by atoms with Crippen molar-refractivity contribution in [1.82, 2.24) is 9.55 Å². The van der Waals surface area contributed by atoms with Gasteiger partial charge in [-0.2, -0.15) is 0 Å². The number of fused-ring (bicyclic) bond motifs is 1. The van der Waals surface area contributed by atoms with Crippen LogP contribution >= 0.6 is 0 Å². The van der Waals surface area contributed by atoms with Crippen LogP contribution in [0.2, 0.25) is 0 Å². The zero-order valence-electron chi connectivity index (χ0n) is 24.0. The fourth-order valence-electron chi connectivity index (χ4n) is 6.22. The number of hydrogen-bond donors (Lipinski definition) is 0. The van der Waals surface area contributed by atoms with E-state index in [1.807, 2.05) is 0 Å². The highest BCUT2D eigenvalue weighted by Gasteiger charge is 2.27. The number of allylic oxidation sites excluding steroid dienone is 4. The largest absolute Gasteiger partial charge is 0.335 e. The van der Waals surface area contributed by atoms with Crippen LogP contribution in [0, 0.1) is 17.3 Å². The van der Waals surface area contributed by atoms with Gasteiger partial charge in [0, 0.05) is 31.1 Å². The Morgan fingerprint density at radius 3 is 2.42 bits per heavy atom. The topological polar surface area (TPSA) is 30.2 Å². The van der Waals surface area contributed by atoms with E-state index in [1.54, 1.807) is 0 Å². The lowest BCUT2D eigenvalue weighted by molar-refractivity contribution is 0.287. The lowest BCUT2D eigenvalue weighted by Crippen LogP contribution is -2.22. The van der Waals surface area contributed by atoms with Crippen LogP contribution in [0.3, 0.4) is 0 Å². The summed E-state index contributed by atoms with van der Waals surface area (Å²) in [5.74, 6) is 2.65. The molecule has 2 aliphatic carbocycles. The molecular weight excluding hydrogens is 438 g/mol. The highest BCUT2D eigenvalue weighted by atomic mass is 15.0. The van der Waals surface area contributed by atoms with Gasteiger partial charge in [0.05, 0.1) is 5.69 Å². The van der Waals surface area contributed by atoms with E-state index in [1.165, 1.54) is 60.7 Å². The quantitative estimate of drug-likeness (QED) is 0.415. The molecule has 0 N–H and O–H groups in total. The van der Waals surface area contributed by atoms with Crippen LogP contribution in [0.5, 0.6) is 0 Å². The third-order valence-electron chi connectivity index (χ3n) is 8.58. The number of aryl methyl sites for hydroxylation is 1. The molecule has 1 atom stereocenters. The van der Waals surface area contributed by atoms with Crippen molar-refractivity contribution in [2.75, 3.05) is 6.54 Å². The Balaban J connectivity index is 1.78. The molecular formula is C33H49N3. The van der Waals surface area contributed by atoms with Crippen LogP contribution in [0.15, 0.2) is 47.1 Å². The van der Waals surface area contributed by atoms with Gasteiger partial charge in [-0.05, 0) is 72.1 Å². The second kappa shape index (κ2) is 11.5. The van der Waals surface area contributed by atoms with E-state index in [9.17, 15) is 0 Å². The fraction of sp³-hybridized carbons (Fsp3) is 0.636. The SMILES string of the molecule is CCCN=c1c2nc(C3C=CC(C(C)(C)C)=CC3)c(C3CCCC(C(C)C)CCC3)cc2ccn1C. The predicted molar refractivity (Wildman–Crippen MR) is 154 cm³/mol. The minimum Gasteiger partial charge on any atom is -0.335 e. The van der Waals surface area contributed by atoms with Crippen LogP contribution in [-0.2, 0) is 7.05 Å². The molecule has 0 saturated heterocycles. The number of rotatable bonds is 5. The van der Waals surface area contributed by atoms with Gasteiger partial charge in [0.15, 0.2) is 5.49 Å². The monoisotopic (exact) mass is 487 g/mol. The maximum absolute atomic E-state index is 5.48. The molecule has 0 spiro atoms. The van der Waals surface area contributed by atoms with Crippen molar-refractivity contribution >= 4 is 10.9 Å². The van der Waals surface area contributed by atoms with E-state index in [-0.39, 0.29) is 5.41 Å². The molecule has 0 bridgehead atoms.